The van der Waals surface area contributed by atoms with Gasteiger partial charge in [0.2, 0.25) is 0 Å². The Hall–Kier alpha value is -1.72. The van der Waals surface area contributed by atoms with Gasteiger partial charge in [0.15, 0.2) is 0 Å². The molecule has 1 unspecified atom stereocenters. The standard InChI is InChI=1S/C23H36O5/c1-3-5-15-23(28,14-4-2)16-10-12-19-18(20(24)17-21(19)25)11-8-6-7-9-13-22(26)27/h4,6,8,10,12,18-19,21,25,28H,2-3,5,7,9,11,13-17H2,1H3,(H,26,27)/b8-6-,12-10+/t18-,19-,21-,23?/m1/s1. The Morgan fingerprint density at radius 3 is 2.64 bits per heavy atom. The van der Waals surface area contributed by atoms with Gasteiger partial charge in [0.05, 0.1) is 11.7 Å². The predicted octanol–water partition coefficient (Wildman–Crippen LogP) is 4.20. The lowest BCUT2D eigenvalue weighted by Crippen LogP contribution is -2.27. The zero-order valence-electron chi connectivity index (χ0n) is 17.1. The van der Waals surface area contributed by atoms with Crippen molar-refractivity contribution in [2.75, 3.05) is 0 Å². The van der Waals surface area contributed by atoms with Crippen LogP contribution in [0.15, 0.2) is 37.0 Å². The maximum Gasteiger partial charge on any atom is 0.303 e. The minimum atomic E-state index is -0.818. The van der Waals surface area contributed by atoms with Crippen LogP contribution in [0, 0.1) is 11.8 Å². The smallest absolute Gasteiger partial charge is 0.303 e. The number of hydrogen-bond donors (Lipinski definition) is 3. The molecule has 0 aliphatic heterocycles. The van der Waals surface area contributed by atoms with Gasteiger partial charge >= 0.3 is 5.97 Å². The number of carbonyl (C=O) groups excluding carboxylic acids is 1. The van der Waals surface area contributed by atoms with Crippen molar-refractivity contribution < 1.29 is 24.9 Å². The summed E-state index contributed by atoms with van der Waals surface area (Å²) in [5.41, 5.74) is -0.818. The van der Waals surface area contributed by atoms with Gasteiger partial charge in [-0.1, -0.05) is 50.1 Å². The molecule has 1 aliphatic carbocycles. The molecule has 1 rings (SSSR count). The van der Waals surface area contributed by atoms with Crippen molar-refractivity contribution in [2.24, 2.45) is 11.8 Å². The van der Waals surface area contributed by atoms with E-state index in [-0.39, 0.29) is 30.5 Å². The number of rotatable bonds is 14. The third kappa shape index (κ3) is 8.53. The van der Waals surface area contributed by atoms with Crippen LogP contribution in [0.3, 0.4) is 0 Å². The fraction of sp³-hybridized carbons (Fsp3) is 0.652. The van der Waals surface area contributed by atoms with Gasteiger partial charge in [-0.2, -0.15) is 0 Å². The monoisotopic (exact) mass is 392 g/mol. The molecular formula is C23H36O5. The van der Waals surface area contributed by atoms with Crippen molar-refractivity contribution in [3.8, 4) is 0 Å². The molecule has 3 N–H and O–H groups in total. The summed E-state index contributed by atoms with van der Waals surface area (Å²) < 4.78 is 0. The highest BCUT2D eigenvalue weighted by molar-refractivity contribution is 5.84. The van der Waals surface area contributed by atoms with Crippen LogP contribution in [0.1, 0.15) is 71.1 Å². The maximum atomic E-state index is 12.2. The Balaban J connectivity index is 2.63. The number of Topliss-reactive ketones (excluding diaryl/α,β-unsaturated/α-hetero) is 1. The summed E-state index contributed by atoms with van der Waals surface area (Å²) in [5.74, 6) is -1.24. The fourth-order valence-corrected chi connectivity index (χ4v) is 3.77. The van der Waals surface area contributed by atoms with Gasteiger partial charge in [-0.25, -0.2) is 0 Å². The molecule has 0 aromatic rings. The van der Waals surface area contributed by atoms with Gasteiger partial charge in [-0.05, 0) is 38.5 Å². The summed E-state index contributed by atoms with van der Waals surface area (Å²) in [6, 6.07) is 0. The highest BCUT2D eigenvalue weighted by Crippen LogP contribution is 2.34. The Morgan fingerprint density at radius 1 is 1.25 bits per heavy atom. The van der Waals surface area contributed by atoms with E-state index in [1.165, 1.54) is 0 Å². The van der Waals surface area contributed by atoms with Crippen LogP contribution in [0.25, 0.3) is 0 Å². The summed E-state index contributed by atoms with van der Waals surface area (Å²) in [6.07, 6.45) is 14.4. The first-order chi connectivity index (χ1) is 13.3. The topological polar surface area (TPSA) is 94.8 Å². The summed E-state index contributed by atoms with van der Waals surface area (Å²) >= 11 is 0. The molecule has 0 aromatic carbocycles. The molecule has 0 radical (unpaired) electrons. The summed E-state index contributed by atoms with van der Waals surface area (Å²) in [7, 11) is 0. The summed E-state index contributed by atoms with van der Waals surface area (Å²) in [4.78, 5) is 22.7. The normalized spacial score (nSPS) is 24.8. The van der Waals surface area contributed by atoms with Crippen molar-refractivity contribution in [1.82, 2.24) is 0 Å². The number of carbonyl (C=O) groups is 2. The van der Waals surface area contributed by atoms with Crippen molar-refractivity contribution in [3.05, 3.63) is 37.0 Å². The molecule has 0 spiro atoms. The molecule has 0 aromatic heterocycles. The van der Waals surface area contributed by atoms with E-state index in [1.54, 1.807) is 6.08 Å². The van der Waals surface area contributed by atoms with E-state index in [0.29, 0.717) is 38.5 Å². The average molecular weight is 393 g/mol. The average Bonchev–Trinajstić information content (AvgIpc) is 2.89. The third-order valence-electron chi connectivity index (χ3n) is 5.43. The highest BCUT2D eigenvalue weighted by Gasteiger charge is 2.39. The number of carboxylic acid groups (broad SMARTS) is 1. The van der Waals surface area contributed by atoms with Crippen LogP contribution in [0.5, 0.6) is 0 Å². The number of aliphatic hydroxyl groups is 2. The van der Waals surface area contributed by atoms with Gasteiger partial charge in [-0.15, -0.1) is 6.58 Å². The molecule has 0 heterocycles. The number of carboxylic acids is 1. The van der Waals surface area contributed by atoms with Gasteiger partial charge in [0.25, 0.3) is 0 Å². The molecule has 28 heavy (non-hydrogen) atoms. The highest BCUT2D eigenvalue weighted by atomic mass is 16.4. The van der Waals surface area contributed by atoms with Crippen LogP contribution in [0.2, 0.25) is 0 Å². The number of aliphatic hydroxyl groups excluding tert-OH is 1. The van der Waals surface area contributed by atoms with Crippen molar-refractivity contribution in [1.29, 1.82) is 0 Å². The zero-order chi connectivity index (χ0) is 21.0. The molecule has 0 amide bonds. The number of hydrogen-bond acceptors (Lipinski definition) is 4. The molecule has 4 atom stereocenters. The lowest BCUT2D eigenvalue weighted by Gasteiger charge is -2.26. The molecule has 0 bridgehead atoms. The SMILES string of the molecule is C=CCC(O)(C/C=C/[C@H]1[C@H](O)CC(=O)[C@@H]1C/C=C\CCCC(=O)O)CCCC. The van der Waals surface area contributed by atoms with Gasteiger partial charge in [0, 0.05) is 24.7 Å². The first kappa shape index (κ1) is 24.3. The van der Waals surface area contributed by atoms with Gasteiger partial charge in [-0.3, -0.25) is 9.59 Å². The Bertz CT molecular complexity index is 565. The van der Waals surface area contributed by atoms with E-state index in [1.807, 2.05) is 24.3 Å². The number of ketones is 1. The summed E-state index contributed by atoms with van der Waals surface area (Å²) in [6.45, 7) is 5.82. The molecular weight excluding hydrogens is 356 g/mol. The Morgan fingerprint density at radius 2 is 2.00 bits per heavy atom. The molecule has 0 saturated heterocycles. The summed E-state index contributed by atoms with van der Waals surface area (Å²) in [5, 5.41) is 29.7. The number of unbranched alkanes of at least 4 members (excludes halogenated alkanes) is 2. The van der Waals surface area contributed by atoms with E-state index in [2.05, 4.69) is 13.5 Å². The van der Waals surface area contributed by atoms with Gasteiger partial charge < -0.3 is 15.3 Å². The second kappa shape index (κ2) is 12.7. The maximum absolute atomic E-state index is 12.2. The molecule has 5 heteroatoms. The van der Waals surface area contributed by atoms with Crippen LogP contribution in [0.4, 0.5) is 0 Å². The lowest BCUT2D eigenvalue weighted by atomic mass is 9.87. The minimum Gasteiger partial charge on any atom is -0.481 e. The second-order valence-electron chi connectivity index (χ2n) is 7.87. The van der Waals surface area contributed by atoms with Crippen molar-refractivity contribution in [3.63, 3.8) is 0 Å². The third-order valence-corrected chi connectivity index (χ3v) is 5.43. The largest absolute Gasteiger partial charge is 0.481 e. The van der Waals surface area contributed by atoms with Crippen LogP contribution < -0.4 is 0 Å². The lowest BCUT2D eigenvalue weighted by molar-refractivity contribution is -0.137. The van der Waals surface area contributed by atoms with E-state index in [0.717, 1.165) is 12.8 Å². The van der Waals surface area contributed by atoms with Crippen LogP contribution >= 0.6 is 0 Å². The number of allylic oxidation sites excluding steroid dienone is 2. The molecule has 158 valence electrons. The van der Waals surface area contributed by atoms with E-state index >= 15 is 0 Å². The minimum absolute atomic E-state index is 0.0599. The Labute approximate surface area is 168 Å². The Kier molecular flexibility index (Phi) is 11.0. The second-order valence-corrected chi connectivity index (χ2v) is 7.87. The van der Waals surface area contributed by atoms with Crippen LogP contribution in [-0.2, 0) is 9.59 Å². The van der Waals surface area contributed by atoms with E-state index < -0.39 is 17.7 Å². The first-order valence-corrected chi connectivity index (χ1v) is 10.4. The molecule has 5 nitrogen and oxygen atoms in total. The van der Waals surface area contributed by atoms with Crippen molar-refractivity contribution in [2.45, 2.75) is 82.8 Å². The van der Waals surface area contributed by atoms with Crippen LogP contribution in [-0.4, -0.2) is 38.8 Å². The predicted molar refractivity (Wildman–Crippen MR) is 111 cm³/mol. The zero-order valence-corrected chi connectivity index (χ0v) is 17.1. The van der Waals surface area contributed by atoms with Crippen molar-refractivity contribution >= 4 is 11.8 Å². The first-order valence-electron chi connectivity index (χ1n) is 10.4. The van der Waals surface area contributed by atoms with Gasteiger partial charge in [0.1, 0.15) is 5.78 Å². The molecule has 1 aliphatic rings. The van der Waals surface area contributed by atoms with E-state index in [4.69, 9.17) is 5.11 Å². The molecule has 1 saturated carbocycles. The van der Waals surface area contributed by atoms with E-state index in [9.17, 15) is 19.8 Å². The quantitative estimate of drug-likeness (QED) is 0.304. The molecule has 1 fully saturated rings. The fourth-order valence-electron chi connectivity index (χ4n) is 3.77. The number of aliphatic carboxylic acids is 1.